The van der Waals surface area contributed by atoms with Crippen molar-refractivity contribution in [1.82, 2.24) is 19.4 Å². The van der Waals surface area contributed by atoms with Crippen molar-refractivity contribution in [2.45, 2.75) is 39.5 Å². The largest absolute Gasteiger partial charge is 0.454 e. The van der Waals surface area contributed by atoms with Gasteiger partial charge in [0.25, 0.3) is 0 Å². The van der Waals surface area contributed by atoms with Gasteiger partial charge >= 0.3 is 0 Å². The normalized spacial score (nSPS) is 15.0. The van der Waals surface area contributed by atoms with E-state index in [9.17, 15) is 15.5 Å². The van der Waals surface area contributed by atoms with Gasteiger partial charge in [0.05, 0.1) is 18.1 Å². The van der Waals surface area contributed by atoms with Gasteiger partial charge in [-0.1, -0.05) is 30.3 Å². The molecule has 1 fully saturated rings. The lowest BCUT2D eigenvalue weighted by Gasteiger charge is -2.17. The van der Waals surface area contributed by atoms with Gasteiger partial charge in [0, 0.05) is 61.4 Å². The Labute approximate surface area is 271 Å². The number of fused-ring (bicyclic) bond motifs is 2. The SMILES string of the molecule is Cc1c(Nc2nccc3cc(CN4CC[C@@H](O)C4)cnc23)cccc1-c1cccc(-c2cc3c(=N)n(CCO)cc(C#N)c3o2)c1C. The minimum Gasteiger partial charge on any atom is -0.454 e. The average Bonchev–Trinajstić information content (AvgIpc) is 3.70. The summed E-state index contributed by atoms with van der Waals surface area (Å²) in [4.78, 5) is 11.7. The molecule has 1 saturated heterocycles. The molecule has 6 aromatic rings. The van der Waals surface area contributed by atoms with Crippen LogP contribution in [0.2, 0.25) is 0 Å². The van der Waals surface area contributed by atoms with Gasteiger partial charge in [-0.05, 0) is 72.4 Å². The quantitative estimate of drug-likeness (QED) is 0.166. The van der Waals surface area contributed by atoms with E-state index in [4.69, 9.17) is 14.8 Å². The molecule has 47 heavy (non-hydrogen) atoms. The summed E-state index contributed by atoms with van der Waals surface area (Å²) < 4.78 is 7.79. The van der Waals surface area contributed by atoms with Crippen LogP contribution in [0.5, 0.6) is 0 Å². The number of nitrogens with one attached hydrogen (secondary N) is 2. The van der Waals surface area contributed by atoms with E-state index < -0.39 is 0 Å². The number of pyridine rings is 3. The van der Waals surface area contributed by atoms with Crippen molar-refractivity contribution in [1.29, 1.82) is 10.7 Å². The molecule has 0 unspecified atom stereocenters. The number of β-amino-alcohol motifs (C(OH)–C–C–N with tert-alkyl or cyclic N) is 1. The smallest absolute Gasteiger partial charge is 0.157 e. The number of nitrogens with zero attached hydrogens (tertiary/aromatic N) is 5. The number of nitriles is 1. The summed E-state index contributed by atoms with van der Waals surface area (Å²) in [7, 11) is 0. The third-order valence-corrected chi connectivity index (χ3v) is 9.05. The first-order chi connectivity index (χ1) is 22.8. The number of aliphatic hydroxyl groups excluding tert-OH is 2. The summed E-state index contributed by atoms with van der Waals surface area (Å²) in [5, 5.41) is 42.8. The van der Waals surface area contributed by atoms with Gasteiger partial charge in [-0.2, -0.15) is 5.26 Å². The van der Waals surface area contributed by atoms with E-state index in [1.807, 2.05) is 49.5 Å². The molecule has 0 aliphatic carbocycles. The fourth-order valence-corrected chi connectivity index (χ4v) is 6.58. The van der Waals surface area contributed by atoms with Crippen molar-refractivity contribution in [3.8, 4) is 28.5 Å². The number of furan rings is 1. The van der Waals surface area contributed by atoms with Crippen LogP contribution in [0.3, 0.4) is 0 Å². The van der Waals surface area contributed by atoms with E-state index in [0.717, 1.165) is 69.5 Å². The summed E-state index contributed by atoms with van der Waals surface area (Å²) >= 11 is 0. The predicted molar refractivity (Wildman–Crippen MR) is 181 cm³/mol. The molecule has 236 valence electrons. The van der Waals surface area contributed by atoms with Crippen LogP contribution in [-0.2, 0) is 13.1 Å². The maximum absolute atomic E-state index is 9.90. The number of aromatic nitrogens is 3. The molecule has 4 aromatic heterocycles. The number of aliphatic hydroxyl groups is 2. The lowest BCUT2D eigenvalue weighted by Crippen LogP contribution is -2.21. The molecule has 5 heterocycles. The number of hydrogen-bond donors (Lipinski definition) is 4. The Kier molecular flexibility index (Phi) is 8.03. The van der Waals surface area contributed by atoms with Crippen LogP contribution in [0.4, 0.5) is 11.5 Å². The van der Waals surface area contributed by atoms with Crippen molar-refractivity contribution in [3.05, 3.63) is 101 Å². The third kappa shape index (κ3) is 5.66. The van der Waals surface area contributed by atoms with E-state index >= 15 is 0 Å². The van der Waals surface area contributed by atoms with Crippen molar-refractivity contribution in [2.75, 3.05) is 25.0 Å². The van der Waals surface area contributed by atoms with Crippen molar-refractivity contribution < 1.29 is 14.6 Å². The zero-order valence-electron chi connectivity index (χ0n) is 26.3. The highest BCUT2D eigenvalue weighted by molar-refractivity contribution is 5.92. The number of benzene rings is 2. The van der Waals surface area contributed by atoms with Gasteiger partial charge in [0.2, 0.25) is 0 Å². The van der Waals surface area contributed by atoms with Gasteiger partial charge in [0.15, 0.2) is 11.4 Å². The Morgan fingerprint density at radius 3 is 2.62 bits per heavy atom. The van der Waals surface area contributed by atoms with E-state index in [1.165, 1.54) is 0 Å². The van der Waals surface area contributed by atoms with Crippen LogP contribution in [0.15, 0.2) is 77.6 Å². The van der Waals surface area contributed by atoms with Crippen LogP contribution in [-0.4, -0.2) is 55.4 Å². The summed E-state index contributed by atoms with van der Waals surface area (Å²) in [5.74, 6) is 1.25. The molecule has 0 radical (unpaired) electrons. The van der Waals surface area contributed by atoms with E-state index in [2.05, 4.69) is 46.4 Å². The van der Waals surface area contributed by atoms with Crippen LogP contribution in [0, 0.1) is 30.6 Å². The second kappa shape index (κ2) is 12.5. The third-order valence-electron chi connectivity index (χ3n) is 9.05. The van der Waals surface area contributed by atoms with Gasteiger partial charge in [0.1, 0.15) is 28.4 Å². The molecular formula is C37H35N7O3. The molecule has 1 atom stereocenters. The Balaban J connectivity index is 1.22. The van der Waals surface area contributed by atoms with Crippen molar-refractivity contribution in [2.24, 2.45) is 0 Å². The van der Waals surface area contributed by atoms with Crippen LogP contribution in [0.1, 0.15) is 28.7 Å². The van der Waals surface area contributed by atoms with Crippen LogP contribution in [0.25, 0.3) is 44.3 Å². The molecule has 1 aliphatic heterocycles. The Hall–Kier alpha value is -5.34. The first-order valence-corrected chi connectivity index (χ1v) is 15.7. The standard InChI is InChI=1S/C37H35N7O3/c1-22-28(5-3-7-30(22)33-16-31-35(47-33)26(17-38)20-44(13-14-45)36(31)39)29-6-4-8-32(23(29)2)42-37-34-25(9-11-40-37)15-24(18-41-34)19-43-12-10-27(46)21-43/h3-9,11,15-16,18,20,27,39,45-46H,10,12-14,19,21H2,1-2H3,(H,40,42)/t27-/m1/s1. The summed E-state index contributed by atoms with van der Waals surface area (Å²) in [6.07, 6.45) is 5.80. The van der Waals surface area contributed by atoms with E-state index in [1.54, 1.807) is 17.0 Å². The fraction of sp³-hybridized carbons (Fsp3) is 0.243. The zero-order valence-corrected chi connectivity index (χ0v) is 26.3. The van der Waals surface area contributed by atoms with Crippen LogP contribution >= 0.6 is 0 Å². The number of hydrogen-bond acceptors (Lipinski definition) is 9. The molecule has 0 amide bonds. The molecule has 0 bridgehead atoms. The molecule has 10 nitrogen and oxygen atoms in total. The summed E-state index contributed by atoms with van der Waals surface area (Å²) in [5.41, 5.74) is 8.68. The predicted octanol–water partition coefficient (Wildman–Crippen LogP) is 5.78. The molecule has 4 N–H and O–H groups in total. The maximum atomic E-state index is 9.90. The van der Waals surface area contributed by atoms with Gasteiger partial charge < -0.3 is 24.5 Å². The molecule has 7 rings (SSSR count). The van der Waals surface area contributed by atoms with E-state index in [-0.39, 0.29) is 24.7 Å². The van der Waals surface area contributed by atoms with Gasteiger partial charge in [-0.15, -0.1) is 0 Å². The number of likely N-dealkylation sites (tertiary alicyclic amines) is 1. The first kappa shape index (κ1) is 30.3. The summed E-state index contributed by atoms with van der Waals surface area (Å²) in [6.45, 7) is 6.55. The molecule has 1 aliphatic rings. The molecule has 2 aromatic carbocycles. The first-order valence-electron chi connectivity index (χ1n) is 15.7. The lowest BCUT2D eigenvalue weighted by molar-refractivity contribution is 0.175. The van der Waals surface area contributed by atoms with Crippen LogP contribution < -0.4 is 10.8 Å². The molecule has 0 spiro atoms. The minimum atomic E-state index is -0.251. The zero-order chi connectivity index (χ0) is 32.7. The second-order valence-corrected chi connectivity index (χ2v) is 12.1. The highest BCUT2D eigenvalue weighted by atomic mass is 16.3. The Morgan fingerprint density at radius 1 is 1.06 bits per heavy atom. The minimum absolute atomic E-state index is 0.134. The fourth-order valence-electron chi connectivity index (χ4n) is 6.58. The lowest BCUT2D eigenvalue weighted by atomic mass is 9.92. The van der Waals surface area contributed by atoms with Gasteiger partial charge in [-0.3, -0.25) is 15.3 Å². The van der Waals surface area contributed by atoms with E-state index in [0.29, 0.717) is 34.7 Å². The van der Waals surface area contributed by atoms with Gasteiger partial charge in [-0.25, -0.2) is 4.98 Å². The topological polar surface area (TPSA) is 147 Å². The molecule has 0 saturated carbocycles. The van der Waals surface area contributed by atoms with Crippen molar-refractivity contribution >= 4 is 33.4 Å². The van der Waals surface area contributed by atoms with Crippen molar-refractivity contribution in [3.63, 3.8) is 0 Å². The molecule has 10 heteroatoms. The number of anilines is 2. The monoisotopic (exact) mass is 625 g/mol. The maximum Gasteiger partial charge on any atom is 0.157 e. The second-order valence-electron chi connectivity index (χ2n) is 12.1. The molecular weight excluding hydrogens is 590 g/mol. The highest BCUT2D eigenvalue weighted by Gasteiger charge is 2.21. The highest BCUT2D eigenvalue weighted by Crippen LogP contribution is 2.38. The number of rotatable bonds is 8. The summed E-state index contributed by atoms with van der Waals surface area (Å²) in [6, 6.07) is 20.3. The Bertz CT molecular complexity index is 2250. The Morgan fingerprint density at radius 2 is 1.85 bits per heavy atom. The average molecular weight is 626 g/mol.